The summed E-state index contributed by atoms with van der Waals surface area (Å²) in [6, 6.07) is 0. The van der Waals surface area contributed by atoms with Gasteiger partial charge in [0.1, 0.15) is 16.5 Å². The Balaban J connectivity index is 1.76. The number of nitrogens with one attached hydrogen (secondary N) is 1. The maximum atomic E-state index is 4.74. The predicted molar refractivity (Wildman–Crippen MR) is 95.0 cm³/mol. The van der Waals surface area contributed by atoms with Gasteiger partial charge in [-0.15, -0.1) is 11.3 Å². The highest BCUT2D eigenvalue weighted by atomic mass is 32.1. The molecule has 120 valence electrons. The molecular formula is C17H26N4S. The summed E-state index contributed by atoms with van der Waals surface area (Å²) in [5.41, 5.74) is 1.32. The molecule has 0 atom stereocenters. The van der Waals surface area contributed by atoms with Gasteiger partial charge >= 0.3 is 0 Å². The minimum Gasteiger partial charge on any atom is -0.368 e. The molecule has 1 N–H and O–H groups in total. The minimum absolute atomic E-state index is 0.882. The van der Waals surface area contributed by atoms with E-state index in [1.54, 1.807) is 11.3 Å². The molecule has 2 aromatic rings. The van der Waals surface area contributed by atoms with Crippen LogP contribution in [0.2, 0.25) is 0 Å². The molecule has 3 heterocycles. The van der Waals surface area contributed by atoms with Crippen LogP contribution in [0.1, 0.15) is 42.5 Å². The molecule has 5 heteroatoms. The van der Waals surface area contributed by atoms with Crippen LogP contribution in [-0.4, -0.2) is 41.0 Å². The third-order valence-corrected chi connectivity index (χ3v) is 5.66. The Kier molecular flexibility index (Phi) is 4.93. The summed E-state index contributed by atoms with van der Waals surface area (Å²) in [6.45, 7) is 11.0. The van der Waals surface area contributed by atoms with Crippen LogP contribution in [-0.2, 0) is 6.42 Å². The lowest BCUT2D eigenvalue weighted by atomic mass is 10.1. The number of aromatic nitrogens is 2. The van der Waals surface area contributed by atoms with Crippen LogP contribution in [0.15, 0.2) is 0 Å². The smallest absolute Gasteiger partial charge is 0.138 e. The fourth-order valence-corrected chi connectivity index (χ4v) is 4.14. The number of hydrogen-bond donors (Lipinski definition) is 1. The van der Waals surface area contributed by atoms with Crippen molar-refractivity contribution in [3.63, 3.8) is 0 Å². The van der Waals surface area contributed by atoms with E-state index in [0.717, 1.165) is 36.0 Å². The standard InChI is InChI=1S/C17H26N4S/c1-4-14-19-16(15-12(2)13(3)22-17(15)20-14)18-8-11-21-9-6-5-7-10-21/h4-11H2,1-3H3,(H,18,19,20). The number of thiophene rings is 1. The molecule has 0 radical (unpaired) electrons. The monoisotopic (exact) mass is 318 g/mol. The van der Waals surface area contributed by atoms with Gasteiger partial charge < -0.3 is 10.2 Å². The first-order chi connectivity index (χ1) is 10.7. The van der Waals surface area contributed by atoms with Gasteiger partial charge in [-0.05, 0) is 45.3 Å². The molecule has 1 aliphatic heterocycles. The van der Waals surface area contributed by atoms with E-state index in [4.69, 9.17) is 9.97 Å². The van der Waals surface area contributed by atoms with Crippen molar-refractivity contribution in [3.8, 4) is 0 Å². The van der Waals surface area contributed by atoms with Crippen molar-refractivity contribution in [1.29, 1.82) is 0 Å². The van der Waals surface area contributed by atoms with Gasteiger partial charge in [0.05, 0.1) is 5.39 Å². The van der Waals surface area contributed by atoms with Crippen LogP contribution >= 0.6 is 11.3 Å². The van der Waals surface area contributed by atoms with E-state index in [-0.39, 0.29) is 0 Å². The molecule has 4 nitrogen and oxygen atoms in total. The summed E-state index contributed by atoms with van der Waals surface area (Å²) in [4.78, 5) is 14.5. The van der Waals surface area contributed by atoms with Crippen molar-refractivity contribution in [1.82, 2.24) is 14.9 Å². The average Bonchev–Trinajstić information content (AvgIpc) is 2.83. The highest BCUT2D eigenvalue weighted by molar-refractivity contribution is 7.18. The molecule has 0 aliphatic carbocycles. The van der Waals surface area contributed by atoms with E-state index in [9.17, 15) is 0 Å². The topological polar surface area (TPSA) is 41.1 Å². The Hall–Kier alpha value is -1.20. The van der Waals surface area contributed by atoms with Crippen LogP contribution < -0.4 is 5.32 Å². The minimum atomic E-state index is 0.882. The summed E-state index contributed by atoms with van der Waals surface area (Å²) in [6.07, 6.45) is 4.97. The average molecular weight is 318 g/mol. The van der Waals surface area contributed by atoms with E-state index in [1.165, 1.54) is 48.2 Å². The second-order valence-electron chi connectivity index (χ2n) is 6.13. The van der Waals surface area contributed by atoms with Crippen LogP contribution in [0.25, 0.3) is 10.2 Å². The van der Waals surface area contributed by atoms with Gasteiger partial charge in [0.2, 0.25) is 0 Å². The van der Waals surface area contributed by atoms with Crippen molar-refractivity contribution < 1.29 is 0 Å². The van der Waals surface area contributed by atoms with Crippen LogP contribution in [0.4, 0.5) is 5.82 Å². The molecule has 3 rings (SSSR count). The zero-order valence-electron chi connectivity index (χ0n) is 13.9. The largest absolute Gasteiger partial charge is 0.368 e. The lowest BCUT2D eigenvalue weighted by Gasteiger charge is -2.26. The van der Waals surface area contributed by atoms with Crippen molar-refractivity contribution >= 4 is 27.4 Å². The van der Waals surface area contributed by atoms with Crippen molar-refractivity contribution in [2.45, 2.75) is 46.5 Å². The number of nitrogens with zero attached hydrogens (tertiary/aromatic N) is 3. The van der Waals surface area contributed by atoms with E-state index >= 15 is 0 Å². The van der Waals surface area contributed by atoms with Gasteiger partial charge in [0.25, 0.3) is 0 Å². The highest BCUT2D eigenvalue weighted by Crippen LogP contribution is 2.33. The zero-order valence-corrected chi connectivity index (χ0v) is 14.7. The van der Waals surface area contributed by atoms with Crippen molar-refractivity contribution in [2.75, 3.05) is 31.5 Å². The highest BCUT2D eigenvalue weighted by Gasteiger charge is 2.14. The molecule has 0 unspecified atom stereocenters. The molecule has 1 fully saturated rings. The quantitative estimate of drug-likeness (QED) is 0.911. The molecule has 1 saturated heterocycles. The maximum absolute atomic E-state index is 4.74. The first-order valence-electron chi connectivity index (χ1n) is 8.42. The second kappa shape index (κ2) is 6.92. The van der Waals surface area contributed by atoms with Gasteiger partial charge in [-0.25, -0.2) is 9.97 Å². The van der Waals surface area contributed by atoms with Gasteiger partial charge in [0.15, 0.2) is 0 Å². The summed E-state index contributed by atoms with van der Waals surface area (Å²) in [5, 5.41) is 4.80. The molecule has 0 saturated carbocycles. The Labute approximate surface area is 137 Å². The molecule has 0 bridgehead atoms. The second-order valence-corrected chi connectivity index (χ2v) is 7.34. The molecular weight excluding hydrogens is 292 g/mol. The Morgan fingerprint density at radius 1 is 1.14 bits per heavy atom. The molecule has 22 heavy (non-hydrogen) atoms. The summed E-state index contributed by atoms with van der Waals surface area (Å²) >= 11 is 1.78. The fourth-order valence-electron chi connectivity index (χ4n) is 3.10. The number of fused-ring (bicyclic) bond motifs is 1. The normalized spacial score (nSPS) is 16.3. The maximum Gasteiger partial charge on any atom is 0.138 e. The van der Waals surface area contributed by atoms with E-state index in [0.29, 0.717) is 0 Å². The predicted octanol–water partition coefficient (Wildman–Crippen LogP) is 3.77. The molecule has 1 aliphatic rings. The molecule has 2 aromatic heterocycles. The van der Waals surface area contributed by atoms with Gasteiger partial charge in [-0.3, -0.25) is 0 Å². The van der Waals surface area contributed by atoms with Gasteiger partial charge in [0, 0.05) is 24.4 Å². The van der Waals surface area contributed by atoms with Crippen molar-refractivity contribution in [3.05, 3.63) is 16.3 Å². The van der Waals surface area contributed by atoms with Crippen LogP contribution in [0, 0.1) is 13.8 Å². The molecule has 0 spiro atoms. The number of anilines is 1. The van der Waals surface area contributed by atoms with Crippen molar-refractivity contribution in [2.24, 2.45) is 0 Å². The Morgan fingerprint density at radius 2 is 1.91 bits per heavy atom. The summed E-state index contributed by atoms with van der Waals surface area (Å²) < 4.78 is 0. The number of likely N-dealkylation sites (tertiary alicyclic amines) is 1. The van der Waals surface area contributed by atoms with Gasteiger partial charge in [-0.2, -0.15) is 0 Å². The number of aryl methyl sites for hydroxylation is 3. The third-order valence-electron chi connectivity index (χ3n) is 4.56. The van der Waals surface area contributed by atoms with Gasteiger partial charge in [-0.1, -0.05) is 13.3 Å². The summed E-state index contributed by atoms with van der Waals surface area (Å²) in [5.74, 6) is 1.97. The number of hydrogen-bond acceptors (Lipinski definition) is 5. The van der Waals surface area contributed by atoms with Crippen LogP contribution in [0.5, 0.6) is 0 Å². The first kappa shape index (κ1) is 15.7. The SMILES string of the molecule is CCc1nc(NCCN2CCCCC2)c2c(C)c(C)sc2n1. The number of piperidine rings is 1. The zero-order chi connectivity index (χ0) is 15.5. The molecule has 0 aromatic carbocycles. The van der Waals surface area contributed by atoms with E-state index < -0.39 is 0 Å². The fraction of sp³-hybridized carbons (Fsp3) is 0.647. The Bertz CT molecular complexity index is 644. The van der Waals surface area contributed by atoms with Crippen LogP contribution in [0.3, 0.4) is 0 Å². The third kappa shape index (κ3) is 3.25. The lowest BCUT2D eigenvalue weighted by molar-refractivity contribution is 0.237. The Morgan fingerprint density at radius 3 is 2.64 bits per heavy atom. The summed E-state index contributed by atoms with van der Waals surface area (Å²) in [7, 11) is 0. The number of rotatable bonds is 5. The van der Waals surface area contributed by atoms with E-state index in [2.05, 4.69) is 31.0 Å². The van der Waals surface area contributed by atoms with E-state index in [1.807, 2.05) is 0 Å². The molecule has 0 amide bonds. The first-order valence-corrected chi connectivity index (χ1v) is 9.23. The lowest BCUT2D eigenvalue weighted by Crippen LogP contribution is -2.33.